The van der Waals surface area contributed by atoms with Gasteiger partial charge in [-0.15, -0.1) is 11.8 Å². The van der Waals surface area contributed by atoms with E-state index in [1.165, 1.54) is 11.8 Å². The van der Waals surface area contributed by atoms with Crippen molar-refractivity contribution in [3.63, 3.8) is 0 Å². The predicted molar refractivity (Wildman–Crippen MR) is 46.4 cm³/mol. The van der Waals surface area contributed by atoms with Crippen LogP contribution in [-0.4, -0.2) is 33.7 Å². The van der Waals surface area contributed by atoms with Crippen LogP contribution in [0.3, 0.4) is 0 Å². The largest absolute Gasteiger partial charge is 0.481 e. The van der Waals surface area contributed by atoms with Crippen LogP contribution in [0.4, 0.5) is 0 Å². The van der Waals surface area contributed by atoms with Gasteiger partial charge in [0, 0.05) is 6.42 Å². The van der Waals surface area contributed by atoms with Gasteiger partial charge >= 0.3 is 11.9 Å². The topological polar surface area (TPSA) is 74.6 Å². The van der Waals surface area contributed by atoms with E-state index in [4.69, 9.17) is 10.2 Å². The first kappa shape index (κ1) is 11.3. The Morgan fingerprint density at radius 2 is 1.92 bits per heavy atom. The average molecular weight is 192 g/mol. The minimum atomic E-state index is -0.956. The Bertz CT molecular complexity index is 180. The number of hydrogen-bond donors (Lipinski definition) is 2. The predicted octanol–water partition coefficient (Wildman–Crippen LogP) is 0.913. The fourth-order valence-corrected chi connectivity index (χ4v) is 1.72. The average Bonchev–Trinajstić information content (AvgIpc) is 1.85. The second-order valence-corrected chi connectivity index (χ2v) is 3.55. The van der Waals surface area contributed by atoms with Crippen molar-refractivity contribution >= 4 is 23.7 Å². The van der Waals surface area contributed by atoms with Gasteiger partial charge in [-0.25, -0.2) is 0 Å². The van der Waals surface area contributed by atoms with Crippen molar-refractivity contribution < 1.29 is 19.8 Å². The number of carboxylic acid groups (broad SMARTS) is 2. The standard InChI is InChI=1S/C7H12O4S/c1-4(3-5(8)9)6(12-2)7(10)11/h4,6H,3H2,1-2H3,(H,8,9)(H,10,11). The van der Waals surface area contributed by atoms with Crippen LogP contribution in [0.2, 0.25) is 0 Å². The summed E-state index contributed by atoms with van der Waals surface area (Å²) in [6, 6.07) is 0. The maximum atomic E-state index is 10.5. The molecule has 0 aliphatic rings. The summed E-state index contributed by atoms with van der Waals surface area (Å²) in [5.74, 6) is -2.24. The van der Waals surface area contributed by atoms with Crippen molar-refractivity contribution in [2.75, 3.05) is 6.26 Å². The number of rotatable bonds is 5. The van der Waals surface area contributed by atoms with Crippen LogP contribution in [0.25, 0.3) is 0 Å². The molecule has 2 atom stereocenters. The maximum absolute atomic E-state index is 10.5. The van der Waals surface area contributed by atoms with Gasteiger partial charge in [-0.1, -0.05) is 6.92 Å². The molecule has 0 spiro atoms. The Morgan fingerprint density at radius 1 is 1.42 bits per heavy atom. The number of carboxylic acids is 2. The van der Waals surface area contributed by atoms with Gasteiger partial charge in [-0.05, 0) is 12.2 Å². The van der Waals surface area contributed by atoms with Crippen molar-refractivity contribution in [2.45, 2.75) is 18.6 Å². The molecule has 2 unspecified atom stereocenters. The summed E-state index contributed by atoms with van der Waals surface area (Å²) < 4.78 is 0. The minimum absolute atomic E-state index is 0.0994. The van der Waals surface area contributed by atoms with E-state index >= 15 is 0 Å². The maximum Gasteiger partial charge on any atom is 0.316 e. The van der Waals surface area contributed by atoms with E-state index in [2.05, 4.69) is 0 Å². The summed E-state index contributed by atoms with van der Waals surface area (Å²) >= 11 is 1.17. The lowest BCUT2D eigenvalue weighted by Crippen LogP contribution is -2.26. The van der Waals surface area contributed by atoms with Gasteiger partial charge in [0.15, 0.2) is 0 Å². The number of aliphatic carboxylic acids is 2. The molecule has 0 aliphatic carbocycles. The molecule has 0 saturated heterocycles. The van der Waals surface area contributed by atoms with Crippen LogP contribution in [0.1, 0.15) is 13.3 Å². The van der Waals surface area contributed by atoms with Crippen molar-refractivity contribution in [1.82, 2.24) is 0 Å². The van der Waals surface area contributed by atoms with E-state index in [0.717, 1.165) is 0 Å². The van der Waals surface area contributed by atoms with Crippen LogP contribution < -0.4 is 0 Å². The molecular formula is C7H12O4S. The Kier molecular flexibility index (Phi) is 4.73. The normalized spacial score (nSPS) is 15.2. The first-order valence-corrected chi connectivity index (χ1v) is 4.75. The Balaban J connectivity index is 4.11. The first-order valence-electron chi connectivity index (χ1n) is 3.46. The summed E-state index contributed by atoms with van der Waals surface area (Å²) in [6.07, 6.45) is 1.56. The van der Waals surface area contributed by atoms with Gasteiger partial charge in [-0.3, -0.25) is 9.59 Å². The van der Waals surface area contributed by atoms with Crippen molar-refractivity contribution in [3.8, 4) is 0 Å². The highest BCUT2D eigenvalue weighted by atomic mass is 32.2. The van der Waals surface area contributed by atoms with Gasteiger partial charge in [0.25, 0.3) is 0 Å². The summed E-state index contributed by atoms with van der Waals surface area (Å²) in [6.45, 7) is 1.63. The Hall–Kier alpha value is -0.710. The monoisotopic (exact) mass is 192 g/mol. The molecule has 0 amide bonds. The van der Waals surface area contributed by atoms with Crippen LogP contribution in [0.15, 0.2) is 0 Å². The van der Waals surface area contributed by atoms with Gasteiger partial charge in [0.05, 0.1) is 0 Å². The minimum Gasteiger partial charge on any atom is -0.481 e. The van der Waals surface area contributed by atoms with Crippen molar-refractivity contribution in [3.05, 3.63) is 0 Å². The molecule has 70 valence electrons. The van der Waals surface area contributed by atoms with Crippen LogP contribution in [0.5, 0.6) is 0 Å². The van der Waals surface area contributed by atoms with Gasteiger partial charge in [-0.2, -0.15) is 0 Å². The molecule has 2 N–H and O–H groups in total. The number of hydrogen-bond acceptors (Lipinski definition) is 3. The quantitative estimate of drug-likeness (QED) is 0.677. The molecule has 0 rings (SSSR count). The zero-order chi connectivity index (χ0) is 9.72. The van der Waals surface area contributed by atoms with E-state index in [1.807, 2.05) is 0 Å². The second kappa shape index (κ2) is 5.03. The highest BCUT2D eigenvalue weighted by Crippen LogP contribution is 2.20. The molecule has 0 aliphatic heterocycles. The van der Waals surface area contributed by atoms with E-state index < -0.39 is 17.2 Å². The molecule has 0 bridgehead atoms. The van der Waals surface area contributed by atoms with Crippen LogP contribution in [-0.2, 0) is 9.59 Å². The zero-order valence-corrected chi connectivity index (χ0v) is 7.80. The zero-order valence-electron chi connectivity index (χ0n) is 6.98. The third kappa shape index (κ3) is 3.61. The van der Waals surface area contributed by atoms with Gasteiger partial charge in [0.2, 0.25) is 0 Å². The lowest BCUT2D eigenvalue weighted by Gasteiger charge is -2.15. The molecular weight excluding hydrogens is 180 g/mol. The van der Waals surface area contributed by atoms with E-state index in [9.17, 15) is 9.59 Å². The molecule has 0 fully saturated rings. The van der Waals surface area contributed by atoms with Crippen molar-refractivity contribution in [2.24, 2.45) is 5.92 Å². The molecule has 5 heteroatoms. The Morgan fingerprint density at radius 3 is 2.17 bits per heavy atom. The smallest absolute Gasteiger partial charge is 0.316 e. The first-order chi connectivity index (χ1) is 5.49. The lowest BCUT2D eigenvalue weighted by molar-refractivity contribution is -0.139. The summed E-state index contributed by atoms with van der Waals surface area (Å²) in [5.41, 5.74) is 0. The molecule has 0 saturated carbocycles. The van der Waals surface area contributed by atoms with E-state index in [0.29, 0.717) is 0 Å². The molecule has 0 aromatic rings. The molecule has 0 aromatic heterocycles. The number of thioether (sulfide) groups is 1. The molecule has 0 heterocycles. The summed E-state index contributed by atoms with van der Waals surface area (Å²) in [4.78, 5) is 20.8. The SMILES string of the molecule is CSC(C(=O)O)C(C)CC(=O)O. The van der Waals surface area contributed by atoms with Crippen molar-refractivity contribution in [1.29, 1.82) is 0 Å². The lowest BCUT2D eigenvalue weighted by atomic mass is 10.0. The fourth-order valence-electron chi connectivity index (χ4n) is 0.959. The van der Waals surface area contributed by atoms with Crippen LogP contribution >= 0.6 is 11.8 Å². The third-order valence-corrected chi connectivity index (χ3v) is 2.68. The summed E-state index contributed by atoms with van der Waals surface area (Å²) in [5, 5.41) is 16.4. The van der Waals surface area contributed by atoms with Gasteiger partial charge in [0.1, 0.15) is 5.25 Å². The van der Waals surface area contributed by atoms with Gasteiger partial charge < -0.3 is 10.2 Å². The highest BCUT2D eigenvalue weighted by molar-refractivity contribution is 7.99. The number of carbonyl (C=O) groups is 2. The molecule has 0 radical (unpaired) electrons. The van der Waals surface area contributed by atoms with E-state index in [-0.39, 0.29) is 12.3 Å². The second-order valence-electron chi connectivity index (χ2n) is 2.57. The molecule has 4 nitrogen and oxygen atoms in total. The fraction of sp³-hybridized carbons (Fsp3) is 0.714. The van der Waals surface area contributed by atoms with Crippen LogP contribution in [0, 0.1) is 5.92 Å². The Labute approximate surface area is 75.0 Å². The third-order valence-electron chi connectivity index (χ3n) is 1.51. The van der Waals surface area contributed by atoms with E-state index in [1.54, 1.807) is 13.2 Å². The summed E-state index contributed by atoms with van der Waals surface area (Å²) in [7, 11) is 0. The molecule has 12 heavy (non-hydrogen) atoms. The highest BCUT2D eigenvalue weighted by Gasteiger charge is 2.25. The molecule has 0 aromatic carbocycles.